The van der Waals surface area contributed by atoms with E-state index < -0.39 is 0 Å². The molecule has 1 fully saturated rings. The molecule has 1 saturated heterocycles. The molecule has 0 aliphatic carbocycles. The van der Waals surface area contributed by atoms with Gasteiger partial charge in [0, 0.05) is 32.7 Å². The molecule has 2 atom stereocenters. The van der Waals surface area contributed by atoms with E-state index in [4.69, 9.17) is 14.5 Å². The number of hydrogen-bond donors (Lipinski definition) is 1. The van der Waals surface area contributed by atoms with Gasteiger partial charge < -0.3 is 19.7 Å². The minimum atomic E-state index is -0.344. The van der Waals surface area contributed by atoms with Crippen molar-refractivity contribution in [1.82, 2.24) is 10.2 Å². The number of halogens is 2. The zero-order valence-corrected chi connectivity index (χ0v) is 19.9. The zero-order valence-electron chi connectivity index (χ0n) is 17.6. The van der Waals surface area contributed by atoms with Gasteiger partial charge in [-0.25, -0.2) is 4.39 Å². The summed E-state index contributed by atoms with van der Waals surface area (Å²) in [5, 5.41) is 3.33. The number of likely N-dealkylation sites (N-methyl/N-ethyl adjacent to an activating group) is 1. The molecule has 0 amide bonds. The maximum atomic E-state index is 13.7. The van der Waals surface area contributed by atoms with E-state index in [9.17, 15) is 4.39 Å². The van der Waals surface area contributed by atoms with Crippen LogP contribution in [0.3, 0.4) is 0 Å². The van der Waals surface area contributed by atoms with Crippen molar-refractivity contribution in [2.45, 2.75) is 19.4 Å². The number of nitrogens with one attached hydrogen (secondary N) is 1. The van der Waals surface area contributed by atoms with Gasteiger partial charge in [-0.05, 0) is 31.0 Å². The molecule has 0 spiro atoms. The number of aliphatic imine (C=N–C) groups is 1. The van der Waals surface area contributed by atoms with Crippen molar-refractivity contribution in [3.8, 4) is 5.75 Å². The monoisotopic (exact) mass is 527 g/mol. The first kappa shape index (κ1) is 24.4. The highest BCUT2D eigenvalue weighted by molar-refractivity contribution is 14.0. The van der Waals surface area contributed by atoms with Gasteiger partial charge in [0.05, 0.1) is 12.6 Å². The van der Waals surface area contributed by atoms with Gasteiger partial charge in [-0.3, -0.25) is 4.99 Å². The lowest BCUT2D eigenvalue weighted by molar-refractivity contribution is 0.0925. The second-order valence-electron chi connectivity index (χ2n) is 7.15. The number of guanidine groups is 1. The molecule has 1 aliphatic rings. The van der Waals surface area contributed by atoms with Crippen molar-refractivity contribution in [2.75, 3.05) is 39.9 Å². The van der Waals surface area contributed by atoms with Gasteiger partial charge in [0.15, 0.2) is 17.5 Å². The van der Waals surface area contributed by atoms with Gasteiger partial charge in [0.1, 0.15) is 6.61 Å². The molecule has 2 aromatic carbocycles. The molecule has 1 heterocycles. The minimum Gasteiger partial charge on any atom is -0.489 e. The molecule has 1 N–H and O–H groups in total. The Labute approximate surface area is 195 Å². The van der Waals surface area contributed by atoms with Crippen LogP contribution in [-0.4, -0.2) is 50.8 Å². The average molecular weight is 527 g/mol. The molecule has 5 nitrogen and oxygen atoms in total. The van der Waals surface area contributed by atoms with Crippen LogP contribution in [0.4, 0.5) is 4.39 Å². The molecule has 2 unspecified atom stereocenters. The predicted molar refractivity (Wildman–Crippen MR) is 129 cm³/mol. The summed E-state index contributed by atoms with van der Waals surface area (Å²) in [5.74, 6) is 1.11. The average Bonchev–Trinajstić information content (AvgIpc) is 3.21. The van der Waals surface area contributed by atoms with Crippen LogP contribution in [-0.2, 0) is 4.74 Å². The Hall–Kier alpha value is -1.87. The van der Waals surface area contributed by atoms with E-state index in [0.29, 0.717) is 25.6 Å². The first-order valence-corrected chi connectivity index (χ1v) is 10.2. The van der Waals surface area contributed by atoms with Gasteiger partial charge in [-0.15, -0.1) is 24.0 Å². The fraction of sp³-hybridized carbons (Fsp3) is 0.435. The highest BCUT2D eigenvalue weighted by Gasteiger charge is 2.29. The van der Waals surface area contributed by atoms with Crippen LogP contribution >= 0.6 is 24.0 Å². The SMILES string of the molecule is CCNC(=NCC1CCOC1c1ccccc1)N(C)CCOc1ccccc1F.I. The molecular weight excluding hydrogens is 496 g/mol. The summed E-state index contributed by atoms with van der Waals surface area (Å²) in [6.07, 6.45) is 1.10. The first-order valence-electron chi connectivity index (χ1n) is 10.2. The lowest BCUT2D eigenvalue weighted by atomic mass is 9.95. The summed E-state index contributed by atoms with van der Waals surface area (Å²) < 4.78 is 25.2. The van der Waals surface area contributed by atoms with Crippen molar-refractivity contribution in [1.29, 1.82) is 0 Å². The normalized spacial score (nSPS) is 18.6. The van der Waals surface area contributed by atoms with Crippen molar-refractivity contribution in [2.24, 2.45) is 10.9 Å². The number of rotatable bonds is 8. The van der Waals surface area contributed by atoms with Crippen LogP contribution in [0.25, 0.3) is 0 Å². The summed E-state index contributed by atoms with van der Waals surface area (Å²) in [5.41, 5.74) is 1.21. The largest absolute Gasteiger partial charge is 0.489 e. The van der Waals surface area contributed by atoms with Crippen LogP contribution in [0, 0.1) is 11.7 Å². The molecule has 0 saturated carbocycles. The summed E-state index contributed by atoms with van der Waals surface area (Å²) >= 11 is 0. The highest BCUT2D eigenvalue weighted by Crippen LogP contribution is 2.34. The van der Waals surface area contributed by atoms with E-state index in [0.717, 1.165) is 25.5 Å². The number of hydrogen-bond acceptors (Lipinski definition) is 3. The number of nitrogens with zero attached hydrogens (tertiary/aromatic N) is 2. The molecule has 0 bridgehead atoms. The lowest BCUT2D eigenvalue weighted by Crippen LogP contribution is -2.41. The fourth-order valence-corrected chi connectivity index (χ4v) is 3.47. The van der Waals surface area contributed by atoms with Gasteiger partial charge in [0.2, 0.25) is 0 Å². The van der Waals surface area contributed by atoms with Gasteiger partial charge in [-0.2, -0.15) is 0 Å². The van der Waals surface area contributed by atoms with Crippen LogP contribution in [0.1, 0.15) is 25.0 Å². The number of benzene rings is 2. The van der Waals surface area contributed by atoms with Gasteiger partial charge in [0.25, 0.3) is 0 Å². The third-order valence-electron chi connectivity index (χ3n) is 5.04. The molecule has 3 rings (SSSR count). The molecule has 7 heteroatoms. The highest BCUT2D eigenvalue weighted by atomic mass is 127. The zero-order chi connectivity index (χ0) is 20.5. The van der Waals surface area contributed by atoms with E-state index in [-0.39, 0.29) is 41.6 Å². The van der Waals surface area contributed by atoms with Crippen molar-refractivity contribution in [3.05, 3.63) is 66.0 Å². The van der Waals surface area contributed by atoms with E-state index >= 15 is 0 Å². The predicted octanol–water partition coefficient (Wildman–Crippen LogP) is 4.50. The topological polar surface area (TPSA) is 46.1 Å². The van der Waals surface area contributed by atoms with Crippen LogP contribution in [0.2, 0.25) is 0 Å². The van der Waals surface area contributed by atoms with E-state index in [1.807, 2.05) is 37.1 Å². The van der Waals surface area contributed by atoms with E-state index in [1.54, 1.807) is 18.2 Å². The Bertz CT molecular complexity index is 791. The van der Waals surface area contributed by atoms with Crippen LogP contribution < -0.4 is 10.1 Å². The second kappa shape index (κ2) is 12.7. The maximum absolute atomic E-state index is 13.7. The smallest absolute Gasteiger partial charge is 0.193 e. The summed E-state index contributed by atoms with van der Waals surface area (Å²) in [7, 11) is 1.96. The number of para-hydroxylation sites is 1. The fourth-order valence-electron chi connectivity index (χ4n) is 3.47. The van der Waals surface area contributed by atoms with Gasteiger partial charge in [-0.1, -0.05) is 42.5 Å². The Morgan fingerprint density at radius 2 is 1.93 bits per heavy atom. The standard InChI is InChI=1S/C23H30FN3O2.HI/c1-3-25-23(27(2)14-16-28-21-12-8-7-11-20(21)24)26-17-19-13-15-29-22(19)18-9-5-4-6-10-18;/h4-12,19,22H,3,13-17H2,1-2H3,(H,25,26);1H. The Morgan fingerprint density at radius 1 is 1.20 bits per heavy atom. The Morgan fingerprint density at radius 3 is 2.67 bits per heavy atom. The molecular formula is C23H31FIN3O2. The Balaban J connectivity index is 0.00000320. The van der Waals surface area contributed by atoms with Crippen molar-refractivity contribution >= 4 is 29.9 Å². The van der Waals surface area contributed by atoms with E-state index in [1.165, 1.54) is 11.6 Å². The maximum Gasteiger partial charge on any atom is 0.193 e. The quantitative estimate of drug-likeness (QED) is 0.312. The summed E-state index contributed by atoms with van der Waals surface area (Å²) in [6.45, 7) is 5.26. The molecule has 1 aliphatic heterocycles. The molecule has 30 heavy (non-hydrogen) atoms. The summed E-state index contributed by atoms with van der Waals surface area (Å²) in [6, 6.07) is 16.8. The molecule has 0 radical (unpaired) electrons. The molecule has 2 aromatic rings. The minimum absolute atomic E-state index is 0. The lowest BCUT2D eigenvalue weighted by Gasteiger charge is -2.23. The van der Waals surface area contributed by atoms with Crippen LogP contribution in [0.5, 0.6) is 5.75 Å². The third kappa shape index (κ3) is 6.84. The Kier molecular flexibility index (Phi) is 10.4. The third-order valence-corrected chi connectivity index (χ3v) is 5.04. The first-order chi connectivity index (χ1) is 14.2. The second-order valence-corrected chi connectivity index (χ2v) is 7.15. The van der Waals surface area contributed by atoms with Crippen LogP contribution in [0.15, 0.2) is 59.6 Å². The van der Waals surface area contributed by atoms with Crippen molar-refractivity contribution in [3.63, 3.8) is 0 Å². The summed E-state index contributed by atoms with van der Waals surface area (Å²) in [4.78, 5) is 6.85. The van der Waals surface area contributed by atoms with Crippen molar-refractivity contribution < 1.29 is 13.9 Å². The van der Waals surface area contributed by atoms with Gasteiger partial charge >= 0.3 is 0 Å². The molecule has 0 aromatic heterocycles. The van der Waals surface area contributed by atoms with E-state index in [2.05, 4.69) is 17.4 Å². The molecule has 164 valence electrons. The number of ether oxygens (including phenoxy) is 2.